The van der Waals surface area contributed by atoms with Crippen LogP contribution in [0.3, 0.4) is 0 Å². The lowest BCUT2D eigenvalue weighted by atomic mass is 10.1. The number of aryl methyl sites for hydroxylation is 1. The van der Waals surface area contributed by atoms with Crippen molar-refractivity contribution in [1.82, 2.24) is 10.2 Å². The number of hydrogen-bond donors (Lipinski definition) is 1. The van der Waals surface area contributed by atoms with Crippen molar-refractivity contribution < 1.29 is 9.59 Å². The van der Waals surface area contributed by atoms with E-state index in [0.717, 1.165) is 23.1 Å². The van der Waals surface area contributed by atoms with E-state index >= 15 is 0 Å². The van der Waals surface area contributed by atoms with E-state index in [4.69, 9.17) is 23.2 Å². The lowest BCUT2D eigenvalue weighted by molar-refractivity contribution is -0.138. The molecule has 7 heteroatoms. The summed E-state index contributed by atoms with van der Waals surface area (Å²) in [5.41, 5.74) is 2.95. The summed E-state index contributed by atoms with van der Waals surface area (Å²) in [5.74, 6) is 0.513. The maximum atomic E-state index is 13.1. The number of hydrogen-bond acceptors (Lipinski definition) is 3. The Morgan fingerprint density at radius 3 is 2.26 bits per heavy atom. The first-order valence-corrected chi connectivity index (χ1v) is 12.3. The van der Waals surface area contributed by atoms with Crippen LogP contribution in [0, 0.1) is 6.92 Å². The molecule has 2 aromatic carbocycles. The smallest absolute Gasteiger partial charge is 0.242 e. The Labute approximate surface area is 199 Å². The third-order valence-corrected chi connectivity index (χ3v) is 6.83. The monoisotopic (exact) mass is 480 g/mol. The van der Waals surface area contributed by atoms with E-state index in [1.807, 2.05) is 45.0 Å². The highest BCUT2D eigenvalue weighted by molar-refractivity contribution is 7.99. The predicted molar refractivity (Wildman–Crippen MR) is 132 cm³/mol. The third kappa shape index (κ3) is 7.74. The zero-order valence-electron chi connectivity index (χ0n) is 18.5. The van der Waals surface area contributed by atoms with Gasteiger partial charge in [-0.3, -0.25) is 9.59 Å². The van der Waals surface area contributed by atoms with Crippen molar-refractivity contribution >= 4 is 46.8 Å². The van der Waals surface area contributed by atoms with Gasteiger partial charge in [-0.15, -0.1) is 11.8 Å². The van der Waals surface area contributed by atoms with E-state index in [2.05, 4.69) is 5.32 Å². The van der Waals surface area contributed by atoms with E-state index in [9.17, 15) is 9.59 Å². The van der Waals surface area contributed by atoms with E-state index in [1.54, 1.807) is 30.0 Å². The maximum Gasteiger partial charge on any atom is 0.242 e. The first-order chi connectivity index (χ1) is 14.7. The standard InChI is InChI=1S/C24H30Cl2N2O2S/c1-5-17(3)27-24(30)18(4)28(13-19-11-9-16(2)10-12-19)23(29)15-31-14-20-21(25)7-6-8-22(20)26/h6-12,17-18H,5,13-15H2,1-4H3,(H,27,30)/t17-,18+/m0/s1. The molecule has 2 amide bonds. The van der Waals surface area contributed by atoms with Crippen LogP contribution in [0.1, 0.15) is 43.9 Å². The van der Waals surface area contributed by atoms with Crippen LogP contribution in [0.5, 0.6) is 0 Å². The average Bonchev–Trinajstić information content (AvgIpc) is 2.74. The van der Waals surface area contributed by atoms with Crippen molar-refractivity contribution in [3.05, 3.63) is 69.2 Å². The number of halogens is 2. The van der Waals surface area contributed by atoms with Crippen LogP contribution >= 0.6 is 35.0 Å². The van der Waals surface area contributed by atoms with Gasteiger partial charge in [0.05, 0.1) is 5.75 Å². The fourth-order valence-corrected chi connectivity index (χ4v) is 4.58. The number of nitrogens with zero attached hydrogens (tertiary/aromatic N) is 1. The Hall–Kier alpha value is -1.69. The highest BCUT2D eigenvalue weighted by atomic mass is 35.5. The molecule has 4 nitrogen and oxygen atoms in total. The van der Waals surface area contributed by atoms with E-state index in [1.165, 1.54) is 11.8 Å². The van der Waals surface area contributed by atoms with Crippen LogP contribution in [0.25, 0.3) is 0 Å². The Kier molecular flexibility index (Phi) is 10.2. The van der Waals surface area contributed by atoms with Crippen molar-refractivity contribution in [3.63, 3.8) is 0 Å². The molecule has 0 saturated heterocycles. The number of nitrogens with one attached hydrogen (secondary N) is 1. The second-order valence-electron chi connectivity index (χ2n) is 7.69. The highest BCUT2D eigenvalue weighted by Gasteiger charge is 2.26. The summed E-state index contributed by atoms with van der Waals surface area (Å²) in [6, 6.07) is 12.9. The van der Waals surface area contributed by atoms with E-state index in [0.29, 0.717) is 22.3 Å². The first-order valence-electron chi connectivity index (χ1n) is 10.4. The number of benzene rings is 2. The van der Waals surface area contributed by atoms with Gasteiger partial charge in [0.1, 0.15) is 6.04 Å². The second kappa shape index (κ2) is 12.4. The normalized spacial score (nSPS) is 12.8. The molecule has 0 aliphatic heterocycles. The van der Waals surface area contributed by atoms with Crippen molar-refractivity contribution in [1.29, 1.82) is 0 Å². The van der Waals surface area contributed by atoms with Gasteiger partial charge >= 0.3 is 0 Å². The van der Waals surface area contributed by atoms with Gasteiger partial charge in [-0.25, -0.2) is 0 Å². The molecular formula is C24H30Cl2N2O2S. The molecule has 0 aromatic heterocycles. The number of rotatable bonds is 10. The molecule has 0 unspecified atom stereocenters. The number of carbonyl (C=O) groups excluding carboxylic acids is 2. The van der Waals surface area contributed by atoms with E-state index in [-0.39, 0.29) is 23.6 Å². The Morgan fingerprint density at radius 1 is 1.06 bits per heavy atom. The van der Waals surface area contributed by atoms with Gasteiger partial charge in [0.15, 0.2) is 0 Å². The summed E-state index contributed by atoms with van der Waals surface area (Å²) in [6.45, 7) is 8.15. The molecule has 0 saturated carbocycles. The minimum Gasteiger partial charge on any atom is -0.352 e. The minimum absolute atomic E-state index is 0.0583. The molecule has 2 rings (SSSR count). The third-order valence-electron chi connectivity index (χ3n) is 5.18. The van der Waals surface area contributed by atoms with Gasteiger partial charge < -0.3 is 10.2 Å². The Morgan fingerprint density at radius 2 is 1.68 bits per heavy atom. The van der Waals surface area contributed by atoms with Crippen molar-refractivity contribution in [3.8, 4) is 0 Å². The van der Waals surface area contributed by atoms with Crippen LogP contribution in [-0.2, 0) is 21.9 Å². The summed E-state index contributed by atoms with van der Waals surface area (Å²) in [7, 11) is 0. The molecule has 0 aliphatic carbocycles. The van der Waals surface area contributed by atoms with Crippen molar-refractivity contribution in [2.24, 2.45) is 0 Å². The van der Waals surface area contributed by atoms with Crippen LogP contribution in [0.15, 0.2) is 42.5 Å². The topological polar surface area (TPSA) is 49.4 Å². The fraction of sp³-hybridized carbons (Fsp3) is 0.417. The molecule has 2 atom stereocenters. The predicted octanol–water partition coefficient (Wildman–Crippen LogP) is 5.87. The summed E-state index contributed by atoms with van der Waals surface area (Å²) in [5, 5.41) is 4.16. The summed E-state index contributed by atoms with van der Waals surface area (Å²) in [4.78, 5) is 27.5. The zero-order valence-corrected chi connectivity index (χ0v) is 20.8. The van der Waals surface area contributed by atoms with Gasteiger partial charge in [-0.2, -0.15) is 0 Å². The molecule has 168 valence electrons. The summed E-state index contributed by atoms with van der Waals surface area (Å²) < 4.78 is 0. The van der Waals surface area contributed by atoms with Gasteiger partial charge in [0.2, 0.25) is 11.8 Å². The van der Waals surface area contributed by atoms with Crippen LogP contribution < -0.4 is 5.32 Å². The maximum absolute atomic E-state index is 13.1. The molecule has 0 aliphatic rings. The van der Waals surface area contributed by atoms with Gasteiger partial charge in [0, 0.05) is 28.4 Å². The Bertz CT molecular complexity index is 869. The average molecular weight is 481 g/mol. The Balaban J connectivity index is 2.11. The van der Waals surface area contributed by atoms with Crippen LogP contribution in [0.2, 0.25) is 10.0 Å². The van der Waals surface area contributed by atoms with Gasteiger partial charge in [0.25, 0.3) is 0 Å². The first kappa shape index (κ1) is 25.6. The van der Waals surface area contributed by atoms with Crippen LogP contribution in [-0.4, -0.2) is 34.6 Å². The van der Waals surface area contributed by atoms with Gasteiger partial charge in [-0.1, -0.05) is 66.0 Å². The zero-order chi connectivity index (χ0) is 23.0. The molecular weight excluding hydrogens is 451 g/mol. The molecule has 0 spiro atoms. The SMILES string of the molecule is CC[C@H](C)NC(=O)[C@@H](C)N(Cc1ccc(C)cc1)C(=O)CSCc1c(Cl)cccc1Cl. The largest absolute Gasteiger partial charge is 0.352 e. The highest BCUT2D eigenvalue weighted by Crippen LogP contribution is 2.28. The molecule has 0 fully saturated rings. The molecule has 0 bridgehead atoms. The number of carbonyl (C=O) groups is 2. The summed E-state index contributed by atoms with van der Waals surface area (Å²) >= 11 is 13.9. The van der Waals surface area contributed by atoms with Crippen molar-refractivity contribution in [2.75, 3.05) is 5.75 Å². The number of amides is 2. The molecule has 0 heterocycles. The fourth-order valence-electron chi connectivity index (χ4n) is 2.93. The molecule has 2 aromatic rings. The lowest BCUT2D eigenvalue weighted by Crippen LogP contribution is -2.50. The summed E-state index contributed by atoms with van der Waals surface area (Å²) in [6.07, 6.45) is 0.832. The minimum atomic E-state index is -0.577. The van der Waals surface area contributed by atoms with Crippen molar-refractivity contribution in [2.45, 2.75) is 58.5 Å². The second-order valence-corrected chi connectivity index (χ2v) is 9.49. The number of thioether (sulfide) groups is 1. The van der Waals surface area contributed by atoms with Gasteiger partial charge in [-0.05, 0) is 50.5 Å². The lowest BCUT2D eigenvalue weighted by Gasteiger charge is -2.29. The molecule has 1 N–H and O–H groups in total. The quantitative estimate of drug-likeness (QED) is 0.462. The van der Waals surface area contributed by atoms with E-state index < -0.39 is 6.04 Å². The molecule has 31 heavy (non-hydrogen) atoms. The molecule has 0 radical (unpaired) electrons. The van der Waals surface area contributed by atoms with Crippen LogP contribution in [0.4, 0.5) is 0 Å².